The Labute approximate surface area is 201 Å². The van der Waals surface area contributed by atoms with Crippen molar-refractivity contribution in [1.82, 2.24) is 10.3 Å². The Bertz CT molecular complexity index is 876. The van der Waals surface area contributed by atoms with Gasteiger partial charge in [-0.15, -0.1) is 11.3 Å². The Morgan fingerprint density at radius 2 is 1.97 bits per heavy atom. The Morgan fingerprint density at radius 1 is 1.27 bits per heavy atom. The summed E-state index contributed by atoms with van der Waals surface area (Å²) in [5.41, 5.74) is 0.460. The van der Waals surface area contributed by atoms with Crippen molar-refractivity contribution >= 4 is 29.2 Å². The maximum absolute atomic E-state index is 13.1. The Kier molecular flexibility index (Phi) is 9.97. The molecule has 0 aliphatic carbocycles. The zero-order chi connectivity index (χ0) is 24.8. The fourth-order valence-corrected chi connectivity index (χ4v) is 4.51. The summed E-state index contributed by atoms with van der Waals surface area (Å²) < 4.78 is 5.73. The molecule has 2 rings (SSSR count). The van der Waals surface area contributed by atoms with Gasteiger partial charge in [-0.3, -0.25) is 9.59 Å². The van der Waals surface area contributed by atoms with Gasteiger partial charge in [0.15, 0.2) is 0 Å². The van der Waals surface area contributed by atoms with Crippen molar-refractivity contribution in [3.8, 4) is 0 Å². The first kappa shape index (κ1) is 27.4. The molecule has 1 aromatic heterocycles. The highest BCUT2D eigenvalue weighted by atomic mass is 32.1. The number of carbonyl (C=O) groups is 2. The number of thiazole rings is 1. The van der Waals surface area contributed by atoms with Gasteiger partial charge in [-0.05, 0) is 31.4 Å². The number of rotatable bonds is 2. The molecule has 0 bridgehead atoms. The smallest absolute Gasteiger partial charge is 0.309 e. The predicted octanol–water partition coefficient (Wildman–Crippen LogP) is 3.30. The highest BCUT2D eigenvalue weighted by Crippen LogP contribution is 2.31. The highest BCUT2D eigenvalue weighted by Gasteiger charge is 2.42. The third-order valence-corrected chi connectivity index (χ3v) is 7.17. The molecule has 0 fully saturated rings. The van der Waals surface area contributed by atoms with E-state index in [4.69, 9.17) is 4.74 Å². The lowest BCUT2D eigenvalue weighted by Gasteiger charge is -2.34. The fourth-order valence-electron chi connectivity index (χ4n) is 3.94. The first-order chi connectivity index (χ1) is 15.4. The molecule has 7 nitrogen and oxygen atoms in total. The lowest BCUT2D eigenvalue weighted by Crippen LogP contribution is -2.46. The van der Waals surface area contributed by atoms with Gasteiger partial charge in [-0.1, -0.05) is 39.8 Å². The Balaban J connectivity index is 2.27. The summed E-state index contributed by atoms with van der Waals surface area (Å²) in [5.74, 6) is -1.68. The summed E-state index contributed by atoms with van der Waals surface area (Å²) in [6.45, 7) is 11.8. The average molecular weight is 479 g/mol. The number of nitrogens with one attached hydrogen (secondary N) is 1. The number of Topliss-reactive ketones (excluding diaryl/α,β-unsaturated/α-hetero) is 1. The number of esters is 1. The van der Waals surface area contributed by atoms with Crippen LogP contribution in [0.15, 0.2) is 23.1 Å². The van der Waals surface area contributed by atoms with Gasteiger partial charge in [0.1, 0.15) is 11.9 Å². The molecule has 5 atom stereocenters. The van der Waals surface area contributed by atoms with Gasteiger partial charge in [0, 0.05) is 30.8 Å². The van der Waals surface area contributed by atoms with Gasteiger partial charge >= 0.3 is 5.97 Å². The molecule has 0 saturated carbocycles. The summed E-state index contributed by atoms with van der Waals surface area (Å²) in [6, 6.07) is 0. The SMILES string of the molecule is CC(=Cc1csc(C)n1)C1CC=CCNC[C@@H](C)[C@@H](O)[C@H](C)C(=O)C(C)(C)[C@@H](O)CC(=O)O1. The number of ketones is 1. The van der Waals surface area contributed by atoms with Crippen LogP contribution in [0.2, 0.25) is 0 Å². The largest absolute Gasteiger partial charge is 0.457 e. The van der Waals surface area contributed by atoms with Crippen LogP contribution in [-0.4, -0.2) is 58.4 Å². The summed E-state index contributed by atoms with van der Waals surface area (Å²) in [7, 11) is 0. The molecule has 184 valence electrons. The molecule has 0 saturated heterocycles. The van der Waals surface area contributed by atoms with E-state index in [2.05, 4.69) is 10.3 Å². The first-order valence-corrected chi connectivity index (χ1v) is 12.4. The first-order valence-electron chi connectivity index (χ1n) is 11.5. The Morgan fingerprint density at radius 3 is 2.61 bits per heavy atom. The van der Waals surface area contributed by atoms with Crippen LogP contribution in [0.25, 0.3) is 6.08 Å². The van der Waals surface area contributed by atoms with Crippen LogP contribution >= 0.6 is 11.3 Å². The Hall–Kier alpha value is -1.87. The van der Waals surface area contributed by atoms with E-state index in [-0.39, 0.29) is 18.1 Å². The van der Waals surface area contributed by atoms with Crippen LogP contribution in [0.3, 0.4) is 0 Å². The van der Waals surface area contributed by atoms with Gasteiger partial charge < -0.3 is 20.3 Å². The molecule has 1 unspecified atom stereocenters. The molecule has 3 N–H and O–H groups in total. The van der Waals surface area contributed by atoms with Crippen molar-refractivity contribution in [3.63, 3.8) is 0 Å². The third-order valence-electron chi connectivity index (χ3n) is 6.38. The molecular weight excluding hydrogens is 440 g/mol. The number of nitrogens with zero attached hydrogens (tertiary/aromatic N) is 1. The molecule has 1 aliphatic rings. The number of aliphatic hydroxyl groups excluding tert-OH is 2. The third kappa shape index (κ3) is 7.57. The minimum absolute atomic E-state index is 0.150. The molecule has 1 aliphatic heterocycles. The maximum atomic E-state index is 13.1. The molecule has 0 radical (unpaired) electrons. The van der Waals surface area contributed by atoms with E-state index in [9.17, 15) is 19.8 Å². The monoisotopic (exact) mass is 478 g/mol. The number of ether oxygens (including phenoxy) is 1. The van der Waals surface area contributed by atoms with Crippen molar-refractivity contribution in [2.24, 2.45) is 17.3 Å². The molecule has 0 spiro atoms. The lowest BCUT2D eigenvalue weighted by atomic mass is 9.73. The number of aromatic nitrogens is 1. The van der Waals surface area contributed by atoms with Crippen LogP contribution < -0.4 is 5.32 Å². The highest BCUT2D eigenvalue weighted by molar-refractivity contribution is 7.09. The second-order valence-corrected chi connectivity index (χ2v) is 10.6. The lowest BCUT2D eigenvalue weighted by molar-refractivity contribution is -0.154. The molecular formula is C25H38N2O5S. The van der Waals surface area contributed by atoms with E-state index < -0.39 is 35.6 Å². The molecule has 0 amide bonds. The minimum atomic E-state index is -1.23. The second kappa shape index (κ2) is 12.0. The average Bonchev–Trinajstić information content (AvgIpc) is 3.16. The number of aliphatic hydroxyl groups is 2. The van der Waals surface area contributed by atoms with Crippen molar-refractivity contribution in [2.75, 3.05) is 13.1 Å². The maximum Gasteiger partial charge on any atom is 0.309 e. The van der Waals surface area contributed by atoms with Gasteiger partial charge in [-0.25, -0.2) is 4.98 Å². The molecule has 33 heavy (non-hydrogen) atoms. The predicted molar refractivity (Wildman–Crippen MR) is 131 cm³/mol. The number of cyclic esters (lactones) is 1. The van der Waals surface area contributed by atoms with Crippen LogP contribution in [0.4, 0.5) is 0 Å². The molecule has 1 aromatic rings. The normalized spacial score (nSPS) is 30.8. The summed E-state index contributed by atoms with van der Waals surface area (Å²) in [6.07, 6.45) is 3.40. The van der Waals surface area contributed by atoms with E-state index in [0.29, 0.717) is 19.5 Å². The van der Waals surface area contributed by atoms with Crippen molar-refractivity contribution in [3.05, 3.63) is 33.8 Å². The second-order valence-electron chi connectivity index (χ2n) is 9.59. The summed E-state index contributed by atoms with van der Waals surface area (Å²) in [5, 5.41) is 27.6. The number of aryl methyl sites for hydroxylation is 1. The minimum Gasteiger partial charge on any atom is -0.457 e. The molecule has 8 heteroatoms. The van der Waals surface area contributed by atoms with Crippen molar-refractivity contribution in [2.45, 2.75) is 72.7 Å². The molecule has 0 aromatic carbocycles. The van der Waals surface area contributed by atoms with Crippen LogP contribution in [0.1, 0.15) is 58.2 Å². The zero-order valence-corrected chi connectivity index (χ0v) is 21.3. The van der Waals surface area contributed by atoms with Gasteiger partial charge in [-0.2, -0.15) is 0 Å². The topological polar surface area (TPSA) is 109 Å². The zero-order valence-electron chi connectivity index (χ0n) is 20.5. The van der Waals surface area contributed by atoms with E-state index in [0.717, 1.165) is 16.3 Å². The van der Waals surface area contributed by atoms with E-state index in [1.54, 1.807) is 32.1 Å². The van der Waals surface area contributed by atoms with Gasteiger partial charge in [0.2, 0.25) is 0 Å². The van der Waals surface area contributed by atoms with Gasteiger partial charge in [0.25, 0.3) is 0 Å². The van der Waals surface area contributed by atoms with Gasteiger partial charge in [0.05, 0.1) is 34.7 Å². The van der Waals surface area contributed by atoms with Crippen LogP contribution in [-0.2, 0) is 14.3 Å². The number of hydrogen-bond acceptors (Lipinski definition) is 8. The van der Waals surface area contributed by atoms with Crippen molar-refractivity contribution < 1.29 is 24.5 Å². The van der Waals surface area contributed by atoms with E-state index in [1.807, 2.05) is 44.4 Å². The number of hydrogen-bond donors (Lipinski definition) is 3. The van der Waals surface area contributed by atoms with E-state index >= 15 is 0 Å². The fraction of sp³-hybridized carbons (Fsp3) is 0.640. The standard InChI is InChI=1S/C25H38N2O5S/c1-15(11-19-14-33-18(4)27-19)20-9-7-8-10-26-13-16(2)23(30)17(3)24(31)25(5,6)21(28)12-22(29)32-20/h7-8,11,14,16-17,20-21,23,26,28,30H,9-10,12-13H2,1-6H3/t16-,17+,20?,21+,23-/m1/s1. The van der Waals surface area contributed by atoms with Crippen molar-refractivity contribution in [1.29, 1.82) is 0 Å². The summed E-state index contributed by atoms with van der Waals surface area (Å²) >= 11 is 1.55. The summed E-state index contributed by atoms with van der Waals surface area (Å²) in [4.78, 5) is 30.3. The molecule has 2 heterocycles. The van der Waals surface area contributed by atoms with Crippen LogP contribution in [0.5, 0.6) is 0 Å². The quantitative estimate of drug-likeness (QED) is 0.442. The number of carbonyl (C=O) groups excluding carboxylic acids is 2. The van der Waals surface area contributed by atoms with E-state index in [1.165, 1.54) is 0 Å². The van der Waals surface area contributed by atoms with Crippen LogP contribution in [0, 0.1) is 24.2 Å².